The molecular formula is C16H14N2O2. The minimum Gasteiger partial charge on any atom is -0.274 e. The van der Waals surface area contributed by atoms with Crippen LogP contribution in [0.2, 0.25) is 0 Å². The second kappa shape index (κ2) is 3.19. The largest absolute Gasteiger partial charge is 0.274 e. The van der Waals surface area contributed by atoms with E-state index in [9.17, 15) is 9.59 Å². The van der Waals surface area contributed by atoms with Crippen molar-refractivity contribution in [3.05, 3.63) is 36.7 Å². The van der Waals surface area contributed by atoms with Gasteiger partial charge in [-0.15, -0.1) is 0 Å². The van der Waals surface area contributed by atoms with Crippen molar-refractivity contribution in [2.24, 2.45) is 29.1 Å². The van der Waals surface area contributed by atoms with Gasteiger partial charge in [0.15, 0.2) is 0 Å². The van der Waals surface area contributed by atoms with Crippen LogP contribution in [0, 0.1) is 29.1 Å². The van der Waals surface area contributed by atoms with E-state index in [1.54, 1.807) is 24.5 Å². The SMILES string of the molecule is O=C1[C@@H]2[C@H](C(=O)N1c1ccncc1)[C@@H]1C=C[C@H]2C12CC2. The average Bonchev–Trinajstić information content (AvgIpc) is 3.06. The summed E-state index contributed by atoms with van der Waals surface area (Å²) in [6.07, 6.45) is 9.99. The number of fused-ring (bicyclic) bond motifs is 3. The van der Waals surface area contributed by atoms with E-state index in [-0.39, 0.29) is 29.1 Å². The Kier molecular flexibility index (Phi) is 1.72. The van der Waals surface area contributed by atoms with E-state index in [0.717, 1.165) is 0 Å². The van der Waals surface area contributed by atoms with E-state index in [1.807, 2.05) is 0 Å². The van der Waals surface area contributed by atoms with Crippen molar-refractivity contribution in [2.45, 2.75) is 12.8 Å². The standard InChI is InChI=1S/C16H14N2O2/c19-14-12-10-1-2-11(16(10)5-6-16)13(12)15(20)18(14)9-3-7-17-8-4-9/h1-4,7-8,10-13H,5-6H2/t10-,11+,12+,13-. The lowest BCUT2D eigenvalue weighted by Gasteiger charge is -2.21. The Hall–Kier alpha value is -1.97. The molecule has 4 atom stereocenters. The molecular weight excluding hydrogens is 252 g/mol. The van der Waals surface area contributed by atoms with Gasteiger partial charge in [0.1, 0.15) is 0 Å². The smallest absolute Gasteiger partial charge is 0.238 e. The lowest BCUT2D eigenvalue weighted by Crippen LogP contribution is -2.34. The van der Waals surface area contributed by atoms with E-state index >= 15 is 0 Å². The fourth-order valence-electron chi connectivity index (χ4n) is 4.83. The monoisotopic (exact) mass is 266 g/mol. The summed E-state index contributed by atoms with van der Waals surface area (Å²) in [4.78, 5) is 30.8. The topological polar surface area (TPSA) is 50.3 Å². The van der Waals surface area contributed by atoms with E-state index in [0.29, 0.717) is 17.5 Å². The molecule has 5 rings (SSSR count). The fourth-order valence-corrected chi connectivity index (χ4v) is 4.83. The van der Waals surface area contributed by atoms with Crippen molar-refractivity contribution in [3.63, 3.8) is 0 Å². The minimum atomic E-state index is -0.117. The average molecular weight is 266 g/mol. The van der Waals surface area contributed by atoms with Crippen LogP contribution >= 0.6 is 0 Å². The number of anilines is 1. The Bertz CT molecular complexity index is 628. The first-order valence-corrected chi connectivity index (χ1v) is 7.20. The quantitative estimate of drug-likeness (QED) is 0.575. The maximum absolute atomic E-state index is 12.8. The Balaban J connectivity index is 1.60. The zero-order valence-electron chi connectivity index (χ0n) is 10.9. The first-order valence-electron chi connectivity index (χ1n) is 7.20. The number of carbonyl (C=O) groups excluding carboxylic acids is 2. The van der Waals surface area contributed by atoms with Crippen LogP contribution in [0.1, 0.15) is 12.8 Å². The number of carbonyl (C=O) groups is 2. The molecule has 1 saturated heterocycles. The van der Waals surface area contributed by atoms with Gasteiger partial charge in [0.05, 0.1) is 17.5 Å². The third-order valence-corrected chi connectivity index (χ3v) is 5.77. The lowest BCUT2D eigenvalue weighted by atomic mass is 9.85. The molecule has 20 heavy (non-hydrogen) atoms. The number of hydrogen-bond donors (Lipinski definition) is 0. The van der Waals surface area contributed by atoms with Crippen LogP contribution in [0.4, 0.5) is 5.69 Å². The summed E-state index contributed by atoms with van der Waals surface area (Å²) >= 11 is 0. The van der Waals surface area contributed by atoms with Gasteiger partial charge >= 0.3 is 0 Å². The molecule has 1 spiro atoms. The van der Waals surface area contributed by atoms with Crippen LogP contribution < -0.4 is 4.90 Å². The highest BCUT2D eigenvalue weighted by atomic mass is 16.2. The zero-order chi connectivity index (χ0) is 13.5. The summed E-state index contributed by atoms with van der Waals surface area (Å²) in [6, 6.07) is 3.47. The number of hydrogen-bond acceptors (Lipinski definition) is 3. The van der Waals surface area contributed by atoms with Crippen molar-refractivity contribution in [2.75, 3.05) is 4.90 Å². The van der Waals surface area contributed by atoms with E-state index in [4.69, 9.17) is 0 Å². The van der Waals surface area contributed by atoms with Gasteiger partial charge in [-0.25, -0.2) is 4.90 Å². The molecule has 1 aromatic heterocycles. The molecule has 3 fully saturated rings. The van der Waals surface area contributed by atoms with Gasteiger partial charge in [-0.3, -0.25) is 14.6 Å². The number of amides is 2. The third-order valence-electron chi connectivity index (χ3n) is 5.77. The van der Waals surface area contributed by atoms with E-state index in [1.165, 1.54) is 17.7 Å². The summed E-state index contributed by atoms with van der Waals surface area (Å²) < 4.78 is 0. The third kappa shape index (κ3) is 1.00. The van der Waals surface area contributed by atoms with Gasteiger partial charge in [-0.05, 0) is 42.2 Å². The molecule has 0 unspecified atom stereocenters. The van der Waals surface area contributed by atoms with Crippen LogP contribution in [-0.2, 0) is 9.59 Å². The Morgan fingerprint density at radius 2 is 1.55 bits per heavy atom. The van der Waals surface area contributed by atoms with Gasteiger partial charge in [0.25, 0.3) is 0 Å². The Labute approximate surface area is 116 Å². The highest BCUT2D eigenvalue weighted by Crippen LogP contribution is 2.73. The minimum absolute atomic E-state index is 0.00525. The molecule has 4 nitrogen and oxygen atoms in total. The predicted molar refractivity (Wildman–Crippen MR) is 71.5 cm³/mol. The van der Waals surface area contributed by atoms with Crippen molar-refractivity contribution in [3.8, 4) is 0 Å². The summed E-state index contributed by atoms with van der Waals surface area (Å²) in [7, 11) is 0. The van der Waals surface area contributed by atoms with Crippen LogP contribution in [0.25, 0.3) is 0 Å². The second-order valence-corrected chi connectivity index (χ2v) is 6.44. The molecule has 0 N–H and O–H groups in total. The molecule has 1 aliphatic heterocycles. The predicted octanol–water partition coefficient (Wildman–Crippen LogP) is 1.78. The summed E-state index contributed by atoms with van der Waals surface area (Å²) in [5.74, 6) is 0.339. The molecule has 0 aromatic carbocycles. The molecule has 0 radical (unpaired) electrons. The molecule has 3 aliphatic carbocycles. The first kappa shape index (κ1) is 10.8. The molecule has 100 valence electrons. The van der Waals surface area contributed by atoms with Crippen molar-refractivity contribution >= 4 is 17.5 Å². The van der Waals surface area contributed by atoms with Crippen LogP contribution in [0.3, 0.4) is 0 Å². The van der Waals surface area contributed by atoms with Gasteiger partial charge in [-0.1, -0.05) is 12.2 Å². The Morgan fingerprint density at radius 3 is 2.05 bits per heavy atom. The zero-order valence-corrected chi connectivity index (χ0v) is 10.9. The highest BCUT2D eigenvalue weighted by Gasteiger charge is 2.73. The number of allylic oxidation sites excluding steroid dienone is 2. The van der Waals surface area contributed by atoms with Crippen LogP contribution in [0.15, 0.2) is 36.7 Å². The molecule has 2 heterocycles. The molecule has 2 saturated carbocycles. The van der Waals surface area contributed by atoms with Crippen molar-refractivity contribution in [1.29, 1.82) is 0 Å². The molecule has 2 amide bonds. The first-order chi connectivity index (χ1) is 9.74. The van der Waals surface area contributed by atoms with E-state index in [2.05, 4.69) is 17.1 Å². The second-order valence-electron chi connectivity index (χ2n) is 6.44. The van der Waals surface area contributed by atoms with Gasteiger partial charge in [-0.2, -0.15) is 0 Å². The summed E-state index contributed by atoms with van der Waals surface area (Å²) in [6.45, 7) is 0. The lowest BCUT2D eigenvalue weighted by molar-refractivity contribution is -0.123. The molecule has 1 aromatic rings. The van der Waals surface area contributed by atoms with Gasteiger partial charge < -0.3 is 0 Å². The highest BCUT2D eigenvalue weighted by molar-refractivity contribution is 6.23. The molecule has 2 bridgehead atoms. The number of rotatable bonds is 1. The van der Waals surface area contributed by atoms with E-state index < -0.39 is 0 Å². The van der Waals surface area contributed by atoms with Gasteiger partial charge in [0, 0.05) is 12.4 Å². The van der Waals surface area contributed by atoms with Crippen molar-refractivity contribution < 1.29 is 9.59 Å². The van der Waals surface area contributed by atoms with Crippen molar-refractivity contribution in [1.82, 2.24) is 4.98 Å². The molecule has 4 heteroatoms. The number of nitrogens with zero attached hydrogens (tertiary/aromatic N) is 2. The fraction of sp³-hybridized carbons (Fsp3) is 0.438. The number of aromatic nitrogens is 1. The maximum atomic E-state index is 12.8. The summed E-state index contributed by atoms with van der Waals surface area (Å²) in [5, 5.41) is 0. The summed E-state index contributed by atoms with van der Waals surface area (Å²) in [5.41, 5.74) is 0.930. The Morgan fingerprint density at radius 1 is 1.00 bits per heavy atom. The normalized spacial score (nSPS) is 38.9. The maximum Gasteiger partial charge on any atom is 0.238 e. The molecule has 4 aliphatic rings. The van der Waals surface area contributed by atoms with Gasteiger partial charge in [0.2, 0.25) is 11.8 Å². The number of pyridine rings is 1. The van der Waals surface area contributed by atoms with Crippen LogP contribution in [0.5, 0.6) is 0 Å². The van der Waals surface area contributed by atoms with Crippen LogP contribution in [-0.4, -0.2) is 16.8 Å². The number of imide groups is 1.